The Labute approximate surface area is 440 Å². The average molecular weight is 1080 g/mol. The van der Waals surface area contributed by atoms with Crippen LogP contribution in [0.5, 0.6) is 11.5 Å². The van der Waals surface area contributed by atoms with Crippen LogP contribution in [0, 0.1) is 29.2 Å². The highest BCUT2D eigenvalue weighted by molar-refractivity contribution is 8.04. The molecule has 1 heterocycles. The van der Waals surface area contributed by atoms with Gasteiger partial charge in [0.05, 0.1) is 15.7 Å². The van der Waals surface area contributed by atoms with Crippen LogP contribution in [0.15, 0.2) is 124 Å². The van der Waals surface area contributed by atoms with Gasteiger partial charge in [0.25, 0.3) is 20.0 Å². The van der Waals surface area contributed by atoms with Gasteiger partial charge in [-0.15, -0.1) is 15.9 Å². The number of allylic oxidation sites excluding steroid dienone is 1. The molecule has 1 atom stereocenters. The van der Waals surface area contributed by atoms with Gasteiger partial charge in [-0.25, -0.2) is 34.4 Å². The highest BCUT2D eigenvalue weighted by Crippen LogP contribution is 2.41. The van der Waals surface area contributed by atoms with Crippen LogP contribution in [-0.2, 0) is 36.1 Å². The fourth-order valence-electron chi connectivity index (χ4n) is 9.39. The Hall–Kier alpha value is -6.33. The first kappa shape index (κ1) is 56.4. The molecular formula is C59H59F4NO8S3. The summed E-state index contributed by atoms with van der Waals surface area (Å²) in [6.07, 6.45) is 1.97. The number of halogens is 4. The molecule has 7 rings (SSSR count). The monoisotopic (exact) mass is 1080 g/mol. The number of ether oxygens (including phenoxy) is 1. The van der Waals surface area contributed by atoms with Gasteiger partial charge < -0.3 is 9.84 Å². The number of Topliss-reactive ketones (excluding diaryl/α,β-unsaturated/α-hetero) is 1. The number of fused-ring (bicyclic) bond motifs is 2. The van der Waals surface area contributed by atoms with Gasteiger partial charge in [0.2, 0.25) is 0 Å². The molecule has 1 unspecified atom stereocenters. The number of ketones is 1. The molecule has 0 radical (unpaired) electrons. The molecule has 1 aliphatic heterocycles. The number of aliphatic carboxylic acids is 1. The van der Waals surface area contributed by atoms with Crippen molar-refractivity contribution in [3.05, 3.63) is 193 Å². The lowest BCUT2D eigenvalue weighted by molar-refractivity contribution is -0.142. The van der Waals surface area contributed by atoms with Gasteiger partial charge in [0, 0.05) is 34.1 Å². The molecule has 0 aromatic heterocycles. The Morgan fingerprint density at radius 1 is 0.680 bits per heavy atom. The fourth-order valence-corrected chi connectivity index (χ4v) is 13.7. The Morgan fingerprint density at radius 2 is 1.24 bits per heavy atom. The van der Waals surface area contributed by atoms with Crippen molar-refractivity contribution in [2.24, 2.45) is 5.92 Å². The van der Waals surface area contributed by atoms with E-state index in [2.05, 4.69) is 98.4 Å². The molecule has 16 heteroatoms. The maximum absolute atomic E-state index is 15.9. The molecule has 6 aromatic carbocycles. The molecule has 0 amide bonds. The number of carboxylic acids is 1. The number of sulfonamides is 2. The maximum atomic E-state index is 15.9. The predicted octanol–water partition coefficient (Wildman–Crippen LogP) is 12.5. The van der Waals surface area contributed by atoms with E-state index in [0.29, 0.717) is 34.3 Å². The number of rotatable bonds is 19. The summed E-state index contributed by atoms with van der Waals surface area (Å²) in [6, 6.07) is 29.0. The summed E-state index contributed by atoms with van der Waals surface area (Å²) < 4.78 is 128. The second kappa shape index (κ2) is 22.5. The second-order valence-corrected chi connectivity index (χ2v) is 24.6. The zero-order chi connectivity index (χ0) is 55.0. The minimum atomic E-state index is -6.00. The molecule has 0 aliphatic carbocycles. The summed E-state index contributed by atoms with van der Waals surface area (Å²) in [5.41, 5.74) is 8.49. The lowest BCUT2D eigenvalue weighted by Crippen LogP contribution is -2.33. The topological polar surface area (TPSA) is 144 Å². The lowest BCUT2D eigenvalue weighted by Gasteiger charge is -2.24. The van der Waals surface area contributed by atoms with Crippen molar-refractivity contribution in [1.29, 1.82) is 0 Å². The molecule has 75 heavy (non-hydrogen) atoms. The third kappa shape index (κ3) is 11.7. The van der Waals surface area contributed by atoms with E-state index in [1.54, 1.807) is 12.1 Å². The van der Waals surface area contributed by atoms with Crippen LogP contribution < -0.4 is 19.3 Å². The number of nitrogens with one attached hydrogen (secondary N) is 1. The largest absolute Gasteiger partial charge is 0.481 e. The number of thioether (sulfide) groups is 1. The van der Waals surface area contributed by atoms with Gasteiger partial charge in [-0.05, 0) is 117 Å². The molecule has 2 N–H and O–H groups in total. The number of benzene rings is 6. The minimum absolute atomic E-state index is 0.00181. The van der Waals surface area contributed by atoms with E-state index in [1.807, 2.05) is 30.3 Å². The number of carboxylic acid groups (broad SMARTS) is 1. The predicted molar refractivity (Wildman–Crippen MR) is 286 cm³/mol. The highest BCUT2D eigenvalue weighted by atomic mass is 32.3. The van der Waals surface area contributed by atoms with Crippen molar-refractivity contribution >= 4 is 55.2 Å². The van der Waals surface area contributed by atoms with Gasteiger partial charge in [-0.3, -0.25) is 9.59 Å². The molecule has 394 valence electrons. The van der Waals surface area contributed by atoms with Crippen LogP contribution in [-0.4, -0.2) is 39.4 Å². The second-order valence-electron chi connectivity index (χ2n) is 20.0. The molecule has 0 saturated heterocycles. The van der Waals surface area contributed by atoms with Crippen molar-refractivity contribution in [3.63, 3.8) is 0 Å². The molecule has 9 nitrogen and oxygen atoms in total. The zero-order valence-corrected chi connectivity index (χ0v) is 45.5. The van der Waals surface area contributed by atoms with Crippen LogP contribution in [0.2, 0.25) is 0 Å². The molecular weight excluding hydrogens is 1020 g/mol. The highest BCUT2D eigenvalue weighted by Gasteiger charge is 2.38. The van der Waals surface area contributed by atoms with Crippen LogP contribution in [0.1, 0.15) is 142 Å². The van der Waals surface area contributed by atoms with Gasteiger partial charge in [0.15, 0.2) is 33.9 Å². The first-order valence-electron chi connectivity index (χ1n) is 24.4. The first-order valence-corrected chi connectivity index (χ1v) is 28.4. The number of hydrogen-bond acceptors (Lipinski definition) is 8. The summed E-state index contributed by atoms with van der Waals surface area (Å²) in [7, 11) is -11.4. The van der Waals surface area contributed by atoms with Crippen molar-refractivity contribution in [2.45, 2.75) is 114 Å². The molecule has 0 fully saturated rings. The number of hydrogen-bond donors (Lipinski definition) is 2. The van der Waals surface area contributed by atoms with Crippen LogP contribution in [0.3, 0.4) is 0 Å². The summed E-state index contributed by atoms with van der Waals surface area (Å²) in [4.78, 5) is 19.7. The quantitative estimate of drug-likeness (QED) is 0.0350. The Kier molecular flexibility index (Phi) is 16.9. The summed E-state index contributed by atoms with van der Waals surface area (Å²) >= 11 is -0.00473. The lowest BCUT2D eigenvalue weighted by atomic mass is 9.85. The third-order valence-corrected chi connectivity index (χ3v) is 18.0. The van der Waals surface area contributed by atoms with Gasteiger partial charge in [-0.2, -0.15) is 0 Å². The Bertz CT molecular complexity index is 3560. The zero-order valence-electron chi connectivity index (χ0n) is 43.1. The van der Waals surface area contributed by atoms with Crippen molar-refractivity contribution in [1.82, 2.24) is 4.13 Å². The molecule has 6 aromatic rings. The van der Waals surface area contributed by atoms with E-state index in [0.717, 1.165) is 33.5 Å². The van der Waals surface area contributed by atoms with E-state index >= 15 is 17.6 Å². The maximum Gasteiger partial charge on any atom is 0.307 e. The standard InChI is InChI=1S/C59H59F4NO8S3/c1-31(2)39-16-13-17-40(32(3)4)46(39)25-36-21-23-43-49(27-36)72-50-28-37(26-47-41(33(5)6)18-14-19-42(47)34(7)8)22-24-44(50)52(43)45-15-11-12-20-51(45)74(68,69)64-75(70,71)58-55(62)53(60)57(54(61)56(58)63)73-30-38(59(66)67)29-48(65)35(9)10/h11-25,27-28,31-34,38,64H,9,26,29-30H2,1-8,10H3,(H,66,67)/b36-25+. The summed E-state index contributed by atoms with van der Waals surface area (Å²) in [6.45, 7) is 21.8. The van der Waals surface area contributed by atoms with Crippen molar-refractivity contribution in [3.8, 4) is 11.5 Å². The molecule has 0 spiro atoms. The smallest absolute Gasteiger partial charge is 0.307 e. The van der Waals surface area contributed by atoms with Crippen LogP contribution in [0.4, 0.5) is 17.6 Å². The number of carbonyl (C=O) groups is 2. The summed E-state index contributed by atoms with van der Waals surface area (Å²) in [5.74, 6) is -12.4. The van der Waals surface area contributed by atoms with Crippen molar-refractivity contribution < 1.29 is 53.8 Å². The van der Waals surface area contributed by atoms with Crippen LogP contribution >= 0.6 is 11.8 Å². The van der Waals surface area contributed by atoms with E-state index in [9.17, 15) is 31.5 Å². The van der Waals surface area contributed by atoms with Crippen LogP contribution in [0.25, 0.3) is 11.6 Å². The van der Waals surface area contributed by atoms with E-state index < -0.39 is 87.8 Å². The number of carbonyl (C=O) groups excluding carboxylic acids is 1. The van der Waals surface area contributed by atoms with E-state index in [-0.39, 0.29) is 46.6 Å². The Morgan fingerprint density at radius 3 is 1.79 bits per heavy atom. The summed E-state index contributed by atoms with van der Waals surface area (Å²) in [5, 5.41) is 10.8. The van der Waals surface area contributed by atoms with E-state index in [1.165, 1.54) is 45.9 Å². The molecule has 0 bridgehead atoms. The van der Waals surface area contributed by atoms with E-state index in [4.69, 9.17) is 4.74 Å². The Balaban J connectivity index is 1.37. The van der Waals surface area contributed by atoms with Gasteiger partial charge >= 0.3 is 5.97 Å². The van der Waals surface area contributed by atoms with Crippen molar-refractivity contribution in [2.75, 3.05) is 5.75 Å². The third-order valence-electron chi connectivity index (χ3n) is 13.2. The minimum Gasteiger partial charge on any atom is -0.481 e. The SMILES string of the molecule is C=C(C)C(=O)CC(CSc1c(F)c(F)c(S(=O)(=O)NS(=O)(=O)c2ccccc2C2=c3cc/c(=C\c4c(C(C)C)cccc4C(C)C)cc3Oc3cc(Cc4c(C(C)C)cccc4C(C)C)ccc32)c(F)c1F)C(=O)O. The first-order chi connectivity index (χ1) is 35.2. The molecule has 1 aliphatic rings. The van der Waals surface area contributed by atoms with Gasteiger partial charge in [0.1, 0.15) is 11.5 Å². The van der Waals surface area contributed by atoms with Gasteiger partial charge in [-0.1, -0.05) is 135 Å². The normalized spacial score (nSPS) is 13.3. The molecule has 0 saturated carbocycles. The average Bonchev–Trinajstić information content (AvgIpc) is 3.33. The fraction of sp³-hybridized carbons (Fsp3) is 0.288.